The van der Waals surface area contributed by atoms with Crippen LogP contribution >= 0.6 is 0 Å². The lowest BCUT2D eigenvalue weighted by molar-refractivity contribution is -0.126. The van der Waals surface area contributed by atoms with E-state index in [1.165, 1.54) is 9.47 Å². The van der Waals surface area contributed by atoms with Crippen LogP contribution in [0.4, 0.5) is 4.79 Å². The number of nitrogens with one attached hydrogen (secondary N) is 1. The van der Waals surface area contributed by atoms with Crippen molar-refractivity contribution in [3.05, 3.63) is 58.6 Å². The predicted molar refractivity (Wildman–Crippen MR) is 143 cm³/mol. The summed E-state index contributed by atoms with van der Waals surface area (Å²) < 4.78 is 17.8. The van der Waals surface area contributed by atoms with Crippen molar-refractivity contribution in [1.82, 2.24) is 14.8 Å². The Bertz CT molecular complexity index is 1490. The number of hydrogen-bond acceptors (Lipinski definition) is 7. The molecule has 0 saturated carbocycles. The predicted octanol–water partition coefficient (Wildman–Crippen LogP) is 3.37. The van der Waals surface area contributed by atoms with Gasteiger partial charge in [-0.3, -0.25) is 14.3 Å². The molecule has 0 unspecified atom stereocenters. The lowest BCUT2D eigenvalue weighted by Crippen LogP contribution is -2.52. The van der Waals surface area contributed by atoms with Gasteiger partial charge in [0.1, 0.15) is 17.7 Å². The van der Waals surface area contributed by atoms with Crippen LogP contribution in [0.3, 0.4) is 0 Å². The van der Waals surface area contributed by atoms with E-state index in [2.05, 4.69) is 11.4 Å². The smallest absolute Gasteiger partial charge is 0.419 e. The second kappa shape index (κ2) is 10.2. The third-order valence-electron chi connectivity index (χ3n) is 7.28. The van der Waals surface area contributed by atoms with E-state index in [9.17, 15) is 19.6 Å². The fourth-order valence-electron chi connectivity index (χ4n) is 5.33. The summed E-state index contributed by atoms with van der Waals surface area (Å²) in [6, 6.07) is 13.7. The lowest BCUT2D eigenvalue weighted by Gasteiger charge is -2.31. The topological polar surface area (TPSA) is 127 Å². The minimum Gasteiger partial charge on any atom is -0.444 e. The van der Waals surface area contributed by atoms with Crippen molar-refractivity contribution >= 4 is 23.1 Å². The van der Waals surface area contributed by atoms with Gasteiger partial charge in [-0.25, -0.2) is 9.59 Å². The molecule has 0 spiro atoms. The van der Waals surface area contributed by atoms with Gasteiger partial charge in [-0.1, -0.05) is 30.3 Å². The normalized spacial score (nSPS) is 21.4. The molecule has 2 saturated heterocycles. The Labute approximate surface area is 226 Å². The average molecular weight is 533 g/mol. The zero-order valence-electron chi connectivity index (χ0n) is 22.5. The van der Waals surface area contributed by atoms with Crippen LogP contribution in [0.2, 0.25) is 0 Å². The van der Waals surface area contributed by atoms with E-state index >= 15 is 0 Å². The van der Waals surface area contributed by atoms with Crippen LogP contribution in [0.1, 0.15) is 32.8 Å². The Kier molecular flexibility index (Phi) is 6.95. The molecule has 1 N–H and O–H groups in total. The van der Waals surface area contributed by atoms with Gasteiger partial charge in [-0.15, -0.1) is 0 Å². The molecule has 204 valence electrons. The van der Waals surface area contributed by atoms with E-state index in [1.54, 1.807) is 33.9 Å². The minimum atomic E-state index is -0.766. The van der Waals surface area contributed by atoms with Gasteiger partial charge in [0, 0.05) is 19.4 Å². The fourth-order valence-corrected chi connectivity index (χ4v) is 5.33. The van der Waals surface area contributed by atoms with Gasteiger partial charge < -0.3 is 19.2 Å². The van der Waals surface area contributed by atoms with E-state index in [0.717, 1.165) is 16.7 Å². The largest absolute Gasteiger partial charge is 0.444 e. The number of amides is 2. The molecular formula is C29H32N4O6. The van der Waals surface area contributed by atoms with Gasteiger partial charge >= 0.3 is 11.8 Å². The van der Waals surface area contributed by atoms with Gasteiger partial charge in [0.2, 0.25) is 5.91 Å². The number of hydrogen-bond donors (Lipinski definition) is 1. The monoisotopic (exact) mass is 532 g/mol. The Hall–Kier alpha value is -4.10. The first kappa shape index (κ1) is 26.5. The molecular weight excluding hydrogens is 500 g/mol. The maximum atomic E-state index is 13.3. The van der Waals surface area contributed by atoms with E-state index in [1.807, 2.05) is 36.4 Å². The summed E-state index contributed by atoms with van der Waals surface area (Å²) in [5.41, 5.74) is 3.28. The molecule has 3 aromatic rings. The highest BCUT2D eigenvalue weighted by atomic mass is 16.6. The van der Waals surface area contributed by atoms with Crippen LogP contribution in [-0.4, -0.2) is 58.4 Å². The molecule has 0 bridgehead atoms. The number of carbonyl (C=O) groups is 2. The average Bonchev–Trinajstić information content (AvgIpc) is 3.56. The SMILES string of the molecule is Cn1c(=O)oc2ccc(-c3ccc(C[C@@H](C#N)NC(=O)[C@@H]4C[C@@H]5COC[C@@H]5N4C(=O)OC(C)(C)C)cc3)cc21. The molecule has 1 aromatic heterocycles. The zero-order chi connectivity index (χ0) is 27.9. The standard InChI is InChI=1S/C29H32N4O6/c1-29(2,3)39-28(36)33-23(13-20-15-37-16-24(20)33)26(34)31-21(14-30)11-17-5-7-18(8-6-17)19-9-10-25-22(12-19)32(4)27(35)38-25/h5-10,12,20-21,23-24H,11,13,15-16H2,1-4H3,(H,31,34)/t20-,21+,23+,24+/m1/s1. The summed E-state index contributed by atoms with van der Waals surface area (Å²) in [5, 5.41) is 12.6. The molecule has 0 radical (unpaired) electrons. The van der Waals surface area contributed by atoms with Crippen LogP contribution in [0.15, 0.2) is 51.7 Å². The quantitative estimate of drug-likeness (QED) is 0.534. The highest BCUT2D eigenvalue weighted by Gasteiger charge is 2.51. The number of fused-ring (bicyclic) bond motifs is 2. The van der Waals surface area contributed by atoms with Crippen LogP contribution in [0, 0.1) is 17.2 Å². The summed E-state index contributed by atoms with van der Waals surface area (Å²) in [5.74, 6) is -0.715. The second-order valence-corrected chi connectivity index (χ2v) is 11.2. The number of nitriles is 1. The van der Waals surface area contributed by atoms with Crippen LogP contribution in [0.5, 0.6) is 0 Å². The summed E-state index contributed by atoms with van der Waals surface area (Å²) in [6.45, 7) is 6.21. The maximum Gasteiger partial charge on any atom is 0.419 e. The van der Waals surface area contributed by atoms with Crippen LogP contribution in [0.25, 0.3) is 22.2 Å². The van der Waals surface area contributed by atoms with Crippen molar-refractivity contribution in [2.24, 2.45) is 13.0 Å². The maximum absolute atomic E-state index is 13.3. The van der Waals surface area contributed by atoms with E-state index in [-0.39, 0.29) is 17.9 Å². The molecule has 5 rings (SSSR count). The van der Waals surface area contributed by atoms with Crippen molar-refractivity contribution in [3.63, 3.8) is 0 Å². The molecule has 2 aromatic carbocycles. The minimum absolute atomic E-state index is 0.0602. The molecule has 10 heteroatoms. The molecule has 39 heavy (non-hydrogen) atoms. The molecule has 10 nitrogen and oxygen atoms in total. The van der Waals surface area contributed by atoms with E-state index in [4.69, 9.17) is 13.9 Å². The molecule has 3 heterocycles. The molecule has 2 aliphatic heterocycles. The number of nitrogens with zero attached hydrogens (tertiary/aromatic N) is 3. The number of ether oxygens (including phenoxy) is 2. The number of carbonyl (C=O) groups excluding carboxylic acids is 2. The Balaban J connectivity index is 1.27. The summed E-state index contributed by atoms with van der Waals surface area (Å²) in [7, 11) is 1.66. The number of aromatic nitrogens is 1. The van der Waals surface area contributed by atoms with Crippen molar-refractivity contribution in [1.29, 1.82) is 5.26 Å². The summed E-state index contributed by atoms with van der Waals surface area (Å²) in [6.07, 6.45) is 0.237. The summed E-state index contributed by atoms with van der Waals surface area (Å²) in [4.78, 5) is 39.6. The van der Waals surface area contributed by atoms with Crippen LogP contribution in [-0.2, 0) is 27.7 Å². The van der Waals surface area contributed by atoms with Gasteiger partial charge in [0.25, 0.3) is 0 Å². The third-order valence-corrected chi connectivity index (χ3v) is 7.28. The number of aryl methyl sites for hydroxylation is 1. The number of likely N-dealkylation sites (tertiary alicyclic amines) is 1. The molecule has 2 fully saturated rings. The van der Waals surface area contributed by atoms with Gasteiger partial charge in [0.15, 0.2) is 5.58 Å². The first-order chi connectivity index (χ1) is 18.5. The van der Waals surface area contributed by atoms with Crippen molar-refractivity contribution in [2.45, 2.75) is 57.3 Å². The highest BCUT2D eigenvalue weighted by Crippen LogP contribution is 2.36. The number of rotatable bonds is 5. The van der Waals surface area contributed by atoms with Gasteiger partial charge in [0.05, 0.1) is 30.8 Å². The van der Waals surface area contributed by atoms with Crippen molar-refractivity contribution in [2.75, 3.05) is 13.2 Å². The molecule has 4 atom stereocenters. The lowest BCUT2D eigenvalue weighted by atomic mass is 10.00. The van der Waals surface area contributed by atoms with Gasteiger partial charge in [-0.2, -0.15) is 5.26 Å². The number of benzene rings is 2. The molecule has 0 aliphatic carbocycles. The number of oxazole rings is 1. The second-order valence-electron chi connectivity index (χ2n) is 11.2. The zero-order valence-corrected chi connectivity index (χ0v) is 22.5. The molecule has 2 amide bonds. The highest BCUT2D eigenvalue weighted by molar-refractivity contribution is 5.87. The van der Waals surface area contributed by atoms with E-state index < -0.39 is 29.5 Å². The summed E-state index contributed by atoms with van der Waals surface area (Å²) >= 11 is 0. The first-order valence-electron chi connectivity index (χ1n) is 13.0. The van der Waals surface area contributed by atoms with Crippen molar-refractivity contribution in [3.8, 4) is 17.2 Å². The Morgan fingerprint density at radius 3 is 2.56 bits per heavy atom. The Morgan fingerprint density at radius 1 is 1.15 bits per heavy atom. The Morgan fingerprint density at radius 2 is 1.87 bits per heavy atom. The van der Waals surface area contributed by atoms with Gasteiger partial charge in [-0.05, 0) is 56.0 Å². The van der Waals surface area contributed by atoms with Crippen LogP contribution < -0.4 is 11.1 Å². The van der Waals surface area contributed by atoms with E-state index in [0.29, 0.717) is 37.2 Å². The fraction of sp³-hybridized carbons (Fsp3) is 0.448. The molecule has 2 aliphatic rings. The first-order valence-corrected chi connectivity index (χ1v) is 13.0. The third kappa shape index (κ3) is 5.40. The van der Waals surface area contributed by atoms with Crippen molar-refractivity contribution < 1.29 is 23.5 Å².